The van der Waals surface area contributed by atoms with Gasteiger partial charge >= 0.3 is 0 Å². The number of nitriles is 1. The predicted octanol–water partition coefficient (Wildman–Crippen LogP) is 1.40. The van der Waals surface area contributed by atoms with E-state index in [0.29, 0.717) is 22.4 Å². The molecule has 1 aromatic heterocycles. The Balaban J connectivity index is 2.29. The van der Waals surface area contributed by atoms with E-state index in [-0.39, 0.29) is 0 Å². The first kappa shape index (κ1) is 11.2. The first-order chi connectivity index (χ1) is 7.74. The van der Waals surface area contributed by atoms with Crippen molar-refractivity contribution >= 4 is 17.4 Å². The van der Waals surface area contributed by atoms with Crippen molar-refractivity contribution in [1.29, 1.82) is 5.26 Å². The lowest BCUT2D eigenvalue weighted by Gasteiger charge is -2.25. The molecule has 1 unspecified atom stereocenters. The third kappa shape index (κ3) is 1.97. The summed E-state index contributed by atoms with van der Waals surface area (Å²) in [5.74, 6) is 0.689. The average Bonchev–Trinajstić information content (AvgIpc) is 2.82. The van der Waals surface area contributed by atoms with Crippen LogP contribution in [0.25, 0.3) is 0 Å². The fraction of sp³-hybridized carbons (Fsp3) is 0.455. The van der Waals surface area contributed by atoms with E-state index >= 15 is 0 Å². The van der Waals surface area contributed by atoms with E-state index in [1.54, 1.807) is 12.3 Å². The molecule has 1 aromatic rings. The second-order valence-electron chi connectivity index (χ2n) is 3.87. The molecule has 5 heteroatoms. The topological polar surface area (TPSA) is 52.0 Å². The van der Waals surface area contributed by atoms with Gasteiger partial charge in [-0.3, -0.25) is 0 Å². The molecule has 1 aliphatic heterocycles. The Bertz CT molecular complexity index is 420. The summed E-state index contributed by atoms with van der Waals surface area (Å²) in [5, 5.41) is 12.6. The van der Waals surface area contributed by atoms with Crippen LogP contribution in [0, 0.1) is 11.3 Å². The Hall–Kier alpha value is -1.31. The van der Waals surface area contributed by atoms with Crippen LogP contribution in [0.5, 0.6) is 0 Å². The summed E-state index contributed by atoms with van der Waals surface area (Å²) < 4.78 is 0. The molecule has 4 nitrogen and oxygen atoms in total. The maximum atomic E-state index is 8.90. The van der Waals surface area contributed by atoms with Gasteiger partial charge in [0, 0.05) is 25.8 Å². The Morgan fingerprint density at radius 3 is 3.12 bits per heavy atom. The first-order valence-corrected chi connectivity index (χ1v) is 5.60. The van der Waals surface area contributed by atoms with E-state index in [4.69, 9.17) is 16.9 Å². The second-order valence-corrected chi connectivity index (χ2v) is 4.24. The third-order valence-electron chi connectivity index (χ3n) is 2.91. The molecule has 0 spiro atoms. The lowest BCUT2D eigenvalue weighted by atomic mass is 10.2. The molecule has 1 aliphatic rings. The highest BCUT2D eigenvalue weighted by atomic mass is 35.5. The highest BCUT2D eigenvalue weighted by Crippen LogP contribution is 2.27. The van der Waals surface area contributed by atoms with E-state index in [1.165, 1.54) is 0 Å². The number of pyridine rings is 1. The molecule has 1 atom stereocenters. The highest BCUT2D eigenvalue weighted by molar-refractivity contribution is 6.34. The van der Waals surface area contributed by atoms with Crippen molar-refractivity contribution in [2.75, 3.05) is 25.0 Å². The molecule has 16 heavy (non-hydrogen) atoms. The normalized spacial score (nSPS) is 19.4. The van der Waals surface area contributed by atoms with Crippen LogP contribution in [0.2, 0.25) is 5.02 Å². The molecule has 1 N–H and O–H groups in total. The zero-order valence-electron chi connectivity index (χ0n) is 9.07. The zero-order valence-corrected chi connectivity index (χ0v) is 9.83. The van der Waals surface area contributed by atoms with Crippen LogP contribution >= 0.6 is 11.6 Å². The average molecular weight is 237 g/mol. The van der Waals surface area contributed by atoms with Gasteiger partial charge in [0.1, 0.15) is 16.9 Å². The van der Waals surface area contributed by atoms with Gasteiger partial charge in [0.25, 0.3) is 0 Å². The van der Waals surface area contributed by atoms with Gasteiger partial charge in [0.15, 0.2) is 0 Å². The zero-order chi connectivity index (χ0) is 11.5. The quantitative estimate of drug-likeness (QED) is 0.844. The summed E-state index contributed by atoms with van der Waals surface area (Å²) in [4.78, 5) is 6.29. The molecule has 0 radical (unpaired) electrons. The van der Waals surface area contributed by atoms with Gasteiger partial charge in [-0.1, -0.05) is 11.6 Å². The highest BCUT2D eigenvalue weighted by Gasteiger charge is 2.22. The summed E-state index contributed by atoms with van der Waals surface area (Å²) in [7, 11) is 1.97. The molecule has 0 aromatic carbocycles. The predicted molar refractivity (Wildman–Crippen MR) is 63.6 cm³/mol. The summed E-state index contributed by atoms with van der Waals surface area (Å²) in [5.41, 5.74) is 0.476. The van der Waals surface area contributed by atoms with Crippen LogP contribution in [0.1, 0.15) is 12.0 Å². The molecule has 2 rings (SSSR count). The molecule has 0 aliphatic carbocycles. The maximum Gasteiger partial charge on any atom is 0.148 e. The number of rotatable bonds is 2. The van der Waals surface area contributed by atoms with Gasteiger partial charge in [0.05, 0.1) is 5.56 Å². The Morgan fingerprint density at radius 1 is 1.69 bits per heavy atom. The van der Waals surface area contributed by atoms with E-state index in [0.717, 1.165) is 19.5 Å². The number of anilines is 1. The van der Waals surface area contributed by atoms with Crippen LogP contribution in [0.4, 0.5) is 5.82 Å². The summed E-state index contributed by atoms with van der Waals surface area (Å²) in [6.07, 6.45) is 2.70. The minimum Gasteiger partial charge on any atom is -0.354 e. The first-order valence-electron chi connectivity index (χ1n) is 5.22. The summed E-state index contributed by atoms with van der Waals surface area (Å²) >= 11 is 6.14. The third-order valence-corrected chi connectivity index (χ3v) is 3.28. The Morgan fingerprint density at radius 2 is 2.50 bits per heavy atom. The van der Waals surface area contributed by atoms with E-state index in [2.05, 4.69) is 16.4 Å². The standard InChI is InChI=1S/C11H13ClN4/c1-16(9-3-4-14-7-9)11-10(12)8(6-13)2-5-15-11/h2,5,9,14H,3-4,7H2,1H3. The van der Waals surface area contributed by atoms with Crippen LogP contribution in [-0.2, 0) is 0 Å². The number of hydrogen-bond acceptors (Lipinski definition) is 4. The minimum atomic E-state index is 0.402. The monoisotopic (exact) mass is 236 g/mol. The van der Waals surface area contributed by atoms with Crippen LogP contribution in [-0.4, -0.2) is 31.2 Å². The Labute approximate surface area is 99.8 Å². The smallest absolute Gasteiger partial charge is 0.148 e. The van der Waals surface area contributed by atoms with Crippen molar-refractivity contribution in [3.05, 3.63) is 22.8 Å². The van der Waals surface area contributed by atoms with Crippen molar-refractivity contribution in [1.82, 2.24) is 10.3 Å². The molecule has 0 amide bonds. The molecule has 2 heterocycles. The van der Waals surface area contributed by atoms with Crippen molar-refractivity contribution in [2.45, 2.75) is 12.5 Å². The molecule has 1 saturated heterocycles. The SMILES string of the molecule is CN(c1nccc(C#N)c1Cl)C1CCNC1. The molecular weight excluding hydrogens is 224 g/mol. The van der Waals surface area contributed by atoms with Gasteiger partial charge in [-0.15, -0.1) is 0 Å². The molecular formula is C11H13ClN4. The number of aromatic nitrogens is 1. The van der Waals surface area contributed by atoms with Crippen molar-refractivity contribution in [3.8, 4) is 6.07 Å². The number of nitrogens with zero attached hydrogens (tertiary/aromatic N) is 3. The van der Waals surface area contributed by atoms with E-state index in [9.17, 15) is 0 Å². The fourth-order valence-corrected chi connectivity index (χ4v) is 2.20. The van der Waals surface area contributed by atoms with Gasteiger partial charge < -0.3 is 10.2 Å². The number of hydrogen-bond donors (Lipinski definition) is 1. The maximum absolute atomic E-state index is 8.90. The summed E-state index contributed by atoms with van der Waals surface area (Å²) in [6.45, 7) is 1.95. The van der Waals surface area contributed by atoms with Gasteiger partial charge in [-0.25, -0.2) is 4.98 Å². The van der Waals surface area contributed by atoms with Crippen LogP contribution in [0.15, 0.2) is 12.3 Å². The molecule has 0 saturated carbocycles. The number of nitrogens with one attached hydrogen (secondary N) is 1. The Kier molecular flexibility index (Phi) is 3.28. The van der Waals surface area contributed by atoms with Crippen LogP contribution in [0.3, 0.4) is 0 Å². The van der Waals surface area contributed by atoms with E-state index in [1.807, 2.05) is 11.9 Å². The van der Waals surface area contributed by atoms with Crippen molar-refractivity contribution in [2.24, 2.45) is 0 Å². The summed E-state index contributed by atoms with van der Waals surface area (Å²) in [6, 6.07) is 4.10. The number of likely N-dealkylation sites (N-methyl/N-ethyl adjacent to an activating group) is 1. The molecule has 1 fully saturated rings. The van der Waals surface area contributed by atoms with Crippen LogP contribution < -0.4 is 10.2 Å². The number of halogens is 1. The fourth-order valence-electron chi connectivity index (χ4n) is 1.91. The largest absolute Gasteiger partial charge is 0.354 e. The van der Waals surface area contributed by atoms with Gasteiger partial charge in [-0.2, -0.15) is 5.26 Å². The van der Waals surface area contributed by atoms with Gasteiger partial charge in [0.2, 0.25) is 0 Å². The lowest BCUT2D eigenvalue weighted by Crippen LogP contribution is -2.34. The lowest BCUT2D eigenvalue weighted by molar-refractivity contribution is 0.678. The minimum absolute atomic E-state index is 0.402. The molecule has 0 bridgehead atoms. The van der Waals surface area contributed by atoms with Crippen molar-refractivity contribution in [3.63, 3.8) is 0 Å². The van der Waals surface area contributed by atoms with Crippen molar-refractivity contribution < 1.29 is 0 Å². The van der Waals surface area contributed by atoms with Gasteiger partial charge in [-0.05, 0) is 19.0 Å². The second kappa shape index (κ2) is 4.69. The molecule has 84 valence electrons. The van der Waals surface area contributed by atoms with E-state index < -0.39 is 0 Å².